The van der Waals surface area contributed by atoms with E-state index in [0.717, 1.165) is 42.5 Å². The Kier molecular flexibility index (Phi) is 4.83. The first-order chi connectivity index (χ1) is 11.7. The van der Waals surface area contributed by atoms with Crippen LogP contribution in [0.4, 0.5) is 0 Å². The number of aromatic nitrogens is 2. The lowest BCUT2D eigenvalue weighted by atomic mass is 10.0. The van der Waals surface area contributed by atoms with Gasteiger partial charge in [-0.1, -0.05) is 19.1 Å². The highest BCUT2D eigenvalue weighted by molar-refractivity contribution is 5.88. The van der Waals surface area contributed by atoms with Gasteiger partial charge in [-0.25, -0.2) is 4.98 Å². The van der Waals surface area contributed by atoms with E-state index in [4.69, 9.17) is 0 Å². The maximum absolute atomic E-state index is 12.9. The minimum atomic E-state index is -0.351. The molecule has 2 aromatic rings. The molecule has 1 aromatic heterocycles. The Hall–Kier alpha value is -2.37. The van der Waals surface area contributed by atoms with Crippen LogP contribution < -0.4 is 5.32 Å². The van der Waals surface area contributed by atoms with Crippen molar-refractivity contribution in [1.82, 2.24) is 19.8 Å². The minimum absolute atomic E-state index is 0.0128. The summed E-state index contributed by atoms with van der Waals surface area (Å²) in [6.07, 6.45) is 3.43. The average molecular weight is 328 g/mol. The lowest BCUT2D eigenvalue weighted by Crippen LogP contribution is -2.52. The summed E-state index contributed by atoms with van der Waals surface area (Å²) < 4.78 is 1.98. The minimum Gasteiger partial charge on any atom is -0.357 e. The number of imidazole rings is 1. The molecule has 1 N–H and O–H groups in total. The third kappa shape index (κ3) is 3.00. The molecule has 6 nitrogen and oxygen atoms in total. The molecule has 0 bridgehead atoms. The standard InChI is InChI=1S/C18H24N4O2/c1-3-16-20-13-8-4-5-9-14(13)22(16)12-17(23)21-11-7-6-10-15(21)18(24)19-2/h4-5,8-9,15H,3,6-7,10-12H2,1-2H3,(H,19,24). The van der Waals surface area contributed by atoms with Gasteiger partial charge in [-0.3, -0.25) is 9.59 Å². The van der Waals surface area contributed by atoms with E-state index in [1.165, 1.54) is 0 Å². The van der Waals surface area contributed by atoms with Crippen molar-refractivity contribution in [3.8, 4) is 0 Å². The first-order valence-electron chi connectivity index (χ1n) is 8.61. The molecule has 1 aliphatic heterocycles. The molecule has 0 saturated carbocycles. The molecule has 2 amide bonds. The molecule has 24 heavy (non-hydrogen) atoms. The Morgan fingerprint density at radius 2 is 2.08 bits per heavy atom. The van der Waals surface area contributed by atoms with Crippen molar-refractivity contribution in [2.45, 2.75) is 45.2 Å². The van der Waals surface area contributed by atoms with Crippen LogP contribution in [-0.2, 0) is 22.6 Å². The van der Waals surface area contributed by atoms with Crippen LogP contribution in [0.3, 0.4) is 0 Å². The quantitative estimate of drug-likeness (QED) is 0.929. The molecule has 1 aliphatic rings. The first-order valence-corrected chi connectivity index (χ1v) is 8.61. The summed E-state index contributed by atoms with van der Waals surface area (Å²) >= 11 is 0. The fourth-order valence-corrected chi connectivity index (χ4v) is 3.47. The van der Waals surface area contributed by atoms with Crippen molar-refractivity contribution in [2.24, 2.45) is 0 Å². The fraction of sp³-hybridized carbons (Fsp3) is 0.500. The number of para-hydroxylation sites is 2. The van der Waals surface area contributed by atoms with E-state index < -0.39 is 0 Å². The zero-order valence-electron chi connectivity index (χ0n) is 14.3. The maximum atomic E-state index is 12.9. The molecule has 0 aliphatic carbocycles. The summed E-state index contributed by atoms with van der Waals surface area (Å²) in [7, 11) is 1.62. The fourth-order valence-electron chi connectivity index (χ4n) is 3.47. The smallest absolute Gasteiger partial charge is 0.243 e. The van der Waals surface area contributed by atoms with E-state index in [2.05, 4.69) is 10.3 Å². The summed E-state index contributed by atoms with van der Waals surface area (Å²) in [6.45, 7) is 2.92. The predicted octanol–water partition coefficient (Wildman–Crippen LogP) is 1.73. The summed E-state index contributed by atoms with van der Waals surface area (Å²) in [5.41, 5.74) is 1.87. The van der Waals surface area contributed by atoms with Crippen molar-refractivity contribution in [1.29, 1.82) is 0 Å². The number of likely N-dealkylation sites (tertiary alicyclic amines) is 1. The van der Waals surface area contributed by atoms with Gasteiger partial charge in [0.1, 0.15) is 18.4 Å². The summed E-state index contributed by atoms with van der Waals surface area (Å²) in [6, 6.07) is 7.51. The number of amides is 2. The predicted molar refractivity (Wildman–Crippen MR) is 92.5 cm³/mol. The SMILES string of the molecule is CCc1nc2ccccc2n1CC(=O)N1CCCCC1C(=O)NC. The van der Waals surface area contributed by atoms with Gasteiger partial charge in [0.15, 0.2) is 0 Å². The van der Waals surface area contributed by atoms with Crippen molar-refractivity contribution >= 4 is 22.8 Å². The molecule has 0 spiro atoms. The first kappa shape index (κ1) is 16.5. The number of benzene rings is 1. The molecular formula is C18H24N4O2. The molecule has 128 valence electrons. The van der Waals surface area contributed by atoms with Gasteiger partial charge in [-0.15, -0.1) is 0 Å². The molecule has 1 aromatic carbocycles. The van der Waals surface area contributed by atoms with Crippen molar-refractivity contribution in [3.05, 3.63) is 30.1 Å². The van der Waals surface area contributed by atoms with E-state index in [1.54, 1.807) is 11.9 Å². The number of nitrogens with zero attached hydrogens (tertiary/aromatic N) is 3. The Bertz CT molecular complexity index is 753. The van der Waals surface area contributed by atoms with Gasteiger partial charge in [0.25, 0.3) is 0 Å². The Balaban J connectivity index is 1.87. The third-order valence-electron chi connectivity index (χ3n) is 4.72. The van der Waals surface area contributed by atoms with E-state index in [0.29, 0.717) is 6.54 Å². The summed E-state index contributed by atoms with van der Waals surface area (Å²) in [4.78, 5) is 31.3. The van der Waals surface area contributed by atoms with Crippen LogP contribution in [0.15, 0.2) is 24.3 Å². The summed E-state index contributed by atoms with van der Waals surface area (Å²) in [5.74, 6) is 0.813. The molecule has 3 rings (SSSR count). The van der Waals surface area contributed by atoms with Gasteiger partial charge in [0, 0.05) is 20.0 Å². The number of fused-ring (bicyclic) bond motifs is 1. The van der Waals surface area contributed by atoms with Gasteiger partial charge in [0.2, 0.25) is 11.8 Å². The highest BCUT2D eigenvalue weighted by Gasteiger charge is 2.31. The van der Waals surface area contributed by atoms with Crippen LogP contribution in [0.25, 0.3) is 11.0 Å². The van der Waals surface area contributed by atoms with Crippen LogP contribution in [0.1, 0.15) is 32.0 Å². The van der Waals surface area contributed by atoms with Crippen LogP contribution in [0.2, 0.25) is 0 Å². The van der Waals surface area contributed by atoms with Gasteiger partial charge in [0.05, 0.1) is 11.0 Å². The number of hydrogen-bond donors (Lipinski definition) is 1. The highest BCUT2D eigenvalue weighted by Crippen LogP contribution is 2.20. The van der Waals surface area contributed by atoms with Gasteiger partial charge >= 0.3 is 0 Å². The molecule has 1 fully saturated rings. The lowest BCUT2D eigenvalue weighted by Gasteiger charge is -2.34. The number of nitrogens with one attached hydrogen (secondary N) is 1. The molecule has 0 radical (unpaired) electrons. The van der Waals surface area contributed by atoms with E-state index in [9.17, 15) is 9.59 Å². The Morgan fingerprint density at radius 1 is 1.29 bits per heavy atom. The number of carbonyl (C=O) groups excluding carboxylic acids is 2. The third-order valence-corrected chi connectivity index (χ3v) is 4.72. The van der Waals surface area contributed by atoms with Crippen LogP contribution in [0.5, 0.6) is 0 Å². The number of hydrogen-bond acceptors (Lipinski definition) is 3. The average Bonchev–Trinajstić information content (AvgIpc) is 2.98. The molecule has 6 heteroatoms. The molecule has 1 unspecified atom stereocenters. The zero-order chi connectivity index (χ0) is 17.1. The Morgan fingerprint density at radius 3 is 2.83 bits per heavy atom. The molecular weight excluding hydrogens is 304 g/mol. The second kappa shape index (κ2) is 7.03. The second-order valence-corrected chi connectivity index (χ2v) is 6.17. The van der Waals surface area contributed by atoms with E-state index in [1.807, 2.05) is 35.8 Å². The highest BCUT2D eigenvalue weighted by atomic mass is 16.2. The number of piperidine rings is 1. The lowest BCUT2D eigenvalue weighted by molar-refractivity contribution is -0.142. The number of rotatable bonds is 4. The van der Waals surface area contributed by atoms with Crippen LogP contribution >= 0.6 is 0 Å². The van der Waals surface area contributed by atoms with Crippen molar-refractivity contribution in [2.75, 3.05) is 13.6 Å². The topological polar surface area (TPSA) is 67.2 Å². The van der Waals surface area contributed by atoms with Gasteiger partial charge < -0.3 is 14.8 Å². The van der Waals surface area contributed by atoms with Gasteiger partial charge in [-0.2, -0.15) is 0 Å². The Labute approximate surface area is 141 Å². The van der Waals surface area contributed by atoms with Crippen LogP contribution in [-0.4, -0.2) is 45.9 Å². The maximum Gasteiger partial charge on any atom is 0.243 e. The van der Waals surface area contributed by atoms with E-state index in [-0.39, 0.29) is 24.4 Å². The van der Waals surface area contributed by atoms with Crippen LogP contribution in [0, 0.1) is 0 Å². The second-order valence-electron chi connectivity index (χ2n) is 6.17. The molecule has 1 atom stereocenters. The number of aryl methyl sites for hydroxylation is 1. The normalized spacial score (nSPS) is 17.9. The summed E-state index contributed by atoms with van der Waals surface area (Å²) in [5, 5.41) is 2.68. The largest absolute Gasteiger partial charge is 0.357 e. The zero-order valence-corrected chi connectivity index (χ0v) is 14.3. The molecule has 2 heterocycles. The number of likely N-dealkylation sites (N-methyl/N-ethyl adjacent to an activating group) is 1. The number of carbonyl (C=O) groups is 2. The molecule has 1 saturated heterocycles. The monoisotopic (exact) mass is 328 g/mol. The van der Waals surface area contributed by atoms with Crippen molar-refractivity contribution < 1.29 is 9.59 Å². The van der Waals surface area contributed by atoms with Gasteiger partial charge in [-0.05, 0) is 31.4 Å². The van der Waals surface area contributed by atoms with E-state index >= 15 is 0 Å². The van der Waals surface area contributed by atoms with Crippen molar-refractivity contribution in [3.63, 3.8) is 0 Å².